The number of nitrogens with one attached hydrogen (secondary N) is 1. The monoisotopic (exact) mass is 279 g/mol. The molecule has 4 rings (SSSR count). The number of rotatable bonds is 4. The van der Waals surface area contributed by atoms with Crippen molar-refractivity contribution in [2.24, 2.45) is 13.0 Å². The van der Waals surface area contributed by atoms with Gasteiger partial charge in [0.25, 0.3) is 0 Å². The molecule has 3 fully saturated rings. The maximum atomic E-state index is 11.3. The van der Waals surface area contributed by atoms with Gasteiger partial charge in [0.1, 0.15) is 5.69 Å². The molecule has 0 spiro atoms. The van der Waals surface area contributed by atoms with E-state index in [4.69, 9.17) is 0 Å². The maximum Gasteiger partial charge on any atom is 0.333 e. The highest BCUT2D eigenvalue weighted by Crippen LogP contribution is 2.34. The summed E-state index contributed by atoms with van der Waals surface area (Å²) < 4.78 is 1.62. The summed E-state index contributed by atoms with van der Waals surface area (Å²) in [7, 11) is 1.77. The lowest BCUT2D eigenvalue weighted by molar-refractivity contribution is -0.384. The van der Waals surface area contributed by atoms with Crippen molar-refractivity contribution in [3.63, 3.8) is 0 Å². The van der Waals surface area contributed by atoms with Crippen LogP contribution < -0.4 is 5.32 Å². The lowest BCUT2D eigenvalue weighted by atomic mass is 9.84. The van der Waals surface area contributed by atoms with Crippen LogP contribution in [0.2, 0.25) is 0 Å². The van der Waals surface area contributed by atoms with Gasteiger partial charge >= 0.3 is 5.69 Å². The zero-order valence-corrected chi connectivity index (χ0v) is 12.0. The van der Waals surface area contributed by atoms with E-state index in [2.05, 4.69) is 15.3 Å². The van der Waals surface area contributed by atoms with E-state index in [1.165, 1.54) is 12.8 Å². The molecule has 110 valence electrons. The van der Waals surface area contributed by atoms with Crippen LogP contribution in [-0.2, 0) is 13.5 Å². The number of nitrogens with zero attached hydrogens (tertiary/aromatic N) is 4. The minimum absolute atomic E-state index is 0.145. The third kappa shape index (κ3) is 2.15. The molecule has 0 aromatic carbocycles. The second-order valence-corrected chi connectivity index (χ2v) is 5.77. The van der Waals surface area contributed by atoms with Gasteiger partial charge in [-0.3, -0.25) is 10.1 Å². The second-order valence-electron chi connectivity index (χ2n) is 5.77. The lowest BCUT2D eigenvalue weighted by Crippen LogP contribution is -2.53. The highest BCUT2D eigenvalue weighted by molar-refractivity contribution is 5.60. The number of nitro groups is 1. The average Bonchev–Trinajstić information content (AvgIpc) is 2.77. The predicted molar refractivity (Wildman–Crippen MR) is 75.8 cm³/mol. The van der Waals surface area contributed by atoms with Gasteiger partial charge in [-0.15, -0.1) is 0 Å². The Kier molecular flexibility index (Phi) is 3.37. The normalized spacial score (nSPS) is 28.6. The molecule has 0 saturated carbocycles. The number of fused-ring (bicyclic) bond motifs is 3. The number of aromatic nitrogens is 2. The Labute approximate surface area is 118 Å². The third-order valence-corrected chi connectivity index (χ3v) is 4.59. The number of anilines is 1. The molecule has 3 aliphatic heterocycles. The van der Waals surface area contributed by atoms with E-state index < -0.39 is 0 Å². The zero-order valence-electron chi connectivity index (χ0n) is 12.0. The molecule has 20 heavy (non-hydrogen) atoms. The molecular weight excluding hydrogens is 258 g/mol. The first kappa shape index (κ1) is 13.4. The van der Waals surface area contributed by atoms with E-state index in [9.17, 15) is 10.1 Å². The van der Waals surface area contributed by atoms with Crippen molar-refractivity contribution in [3.05, 3.63) is 15.8 Å². The Bertz CT molecular complexity index is 519. The Hall–Kier alpha value is -1.63. The maximum absolute atomic E-state index is 11.3. The molecule has 3 aliphatic rings. The Balaban J connectivity index is 1.87. The van der Waals surface area contributed by atoms with Crippen LogP contribution in [-0.4, -0.2) is 45.3 Å². The van der Waals surface area contributed by atoms with Crippen molar-refractivity contribution in [3.8, 4) is 0 Å². The Morgan fingerprint density at radius 2 is 2.15 bits per heavy atom. The Morgan fingerprint density at radius 3 is 2.65 bits per heavy atom. The fourth-order valence-electron chi connectivity index (χ4n) is 3.46. The highest BCUT2D eigenvalue weighted by atomic mass is 16.6. The van der Waals surface area contributed by atoms with E-state index in [1.807, 2.05) is 6.92 Å². The predicted octanol–water partition coefficient (Wildman–Crippen LogP) is 1.40. The van der Waals surface area contributed by atoms with E-state index >= 15 is 0 Å². The van der Waals surface area contributed by atoms with Crippen molar-refractivity contribution >= 4 is 11.5 Å². The lowest BCUT2D eigenvalue weighted by Gasteiger charge is -2.45. The standard InChI is InChI=1S/C13H21N5O2/c1-3-10-12(18(19)20)13(16(2)15-10)14-11-8-17-6-4-9(11)5-7-17/h9,11,14H,3-8H2,1-2H3. The van der Waals surface area contributed by atoms with Crippen molar-refractivity contribution < 1.29 is 4.92 Å². The van der Waals surface area contributed by atoms with Gasteiger partial charge in [-0.05, 0) is 38.3 Å². The number of aryl methyl sites for hydroxylation is 2. The second kappa shape index (κ2) is 5.05. The summed E-state index contributed by atoms with van der Waals surface area (Å²) in [5.74, 6) is 1.19. The van der Waals surface area contributed by atoms with Crippen molar-refractivity contribution in [2.45, 2.75) is 32.2 Å². The largest absolute Gasteiger partial charge is 0.360 e. The molecular formula is C13H21N5O2. The summed E-state index contributed by atoms with van der Waals surface area (Å²) in [5, 5.41) is 19.0. The van der Waals surface area contributed by atoms with Gasteiger partial charge in [0.15, 0.2) is 0 Å². The van der Waals surface area contributed by atoms with Crippen LogP contribution in [0, 0.1) is 16.0 Å². The van der Waals surface area contributed by atoms with Gasteiger partial charge in [0, 0.05) is 19.6 Å². The molecule has 7 heteroatoms. The van der Waals surface area contributed by atoms with Gasteiger partial charge in [0.2, 0.25) is 5.82 Å². The fraction of sp³-hybridized carbons (Fsp3) is 0.769. The quantitative estimate of drug-likeness (QED) is 0.666. The van der Waals surface area contributed by atoms with Gasteiger partial charge in [-0.2, -0.15) is 5.10 Å². The molecule has 0 amide bonds. The molecule has 1 atom stereocenters. The molecule has 1 unspecified atom stereocenters. The van der Waals surface area contributed by atoms with Crippen LogP contribution in [0.5, 0.6) is 0 Å². The zero-order chi connectivity index (χ0) is 14.3. The summed E-state index contributed by atoms with van der Waals surface area (Å²) in [5.41, 5.74) is 0.702. The van der Waals surface area contributed by atoms with Crippen molar-refractivity contribution in [1.82, 2.24) is 14.7 Å². The topological polar surface area (TPSA) is 76.2 Å². The van der Waals surface area contributed by atoms with E-state index in [0.29, 0.717) is 29.9 Å². The van der Waals surface area contributed by atoms with E-state index in [0.717, 1.165) is 19.6 Å². The van der Waals surface area contributed by atoms with Crippen LogP contribution in [0.25, 0.3) is 0 Å². The molecule has 1 aromatic heterocycles. The minimum Gasteiger partial charge on any atom is -0.360 e. The van der Waals surface area contributed by atoms with Crippen LogP contribution >= 0.6 is 0 Å². The molecule has 7 nitrogen and oxygen atoms in total. The molecule has 4 heterocycles. The summed E-state index contributed by atoms with van der Waals surface area (Å²) in [6.07, 6.45) is 2.94. The summed E-state index contributed by atoms with van der Waals surface area (Å²) >= 11 is 0. The van der Waals surface area contributed by atoms with Gasteiger partial charge in [0.05, 0.1) is 4.92 Å². The van der Waals surface area contributed by atoms with Crippen LogP contribution in [0.3, 0.4) is 0 Å². The van der Waals surface area contributed by atoms with Gasteiger partial charge in [-0.1, -0.05) is 6.92 Å². The van der Waals surface area contributed by atoms with Crippen LogP contribution in [0.15, 0.2) is 0 Å². The van der Waals surface area contributed by atoms with Crippen molar-refractivity contribution in [1.29, 1.82) is 0 Å². The smallest absolute Gasteiger partial charge is 0.333 e. The average molecular weight is 279 g/mol. The summed E-state index contributed by atoms with van der Waals surface area (Å²) in [6, 6.07) is 0.302. The summed E-state index contributed by atoms with van der Waals surface area (Å²) in [6.45, 7) is 5.20. The minimum atomic E-state index is -0.310. The van der Waals surface area contributed by atoms with Crippen molar-refractivity contribution in [2.75, 3.05) is 25.0 Å². The van der Waals surface area contributed by atoms with E-state index in [-0.39, 0.29) is 10.6 Å². The molecule has 1 N–H and O–H groups in total. The molecule has 3 saturated heterocycles. The SMILES string of the molecule is CCc1nn(C)c(NC2CN3CCC2CC3)c1[N+](=O)[O-]. The molecule has 0 aliphatic carbocycles. The highest BCUT2D eigenvalue weighted by Gasteiger charge is 2.36. The van der Waals surface area contributed by atoms with Gasteiger partial charge < -0.3 is 10.2 Å². The van der Waals surface area contributed by atoms with Crippen LogP contribution in [0.1, 0.15) is 25.5 Å². The number of hydrogen-bond acceptors (Lipinski definition) is 5. The number of hydrogen-bond donors (Lipinski definition) is 1. The number of piperidine rings is 3. The van der Waals surface area contributed by atoms with E-state index in [1.54, 1.807) is 11.7 Å². The van der Waals surface area contributed by atoms with Crippen LogP contribution in [0.4, 0.5) is 11.5 Å². The first-order valence-electron chi connectivity index (χ1n) is 7.29. The fourth-order valence-corrected chi connectivity index (χ4v) is 3.46. The first-order valence-corrected chi connectivity index (χ1v) is 7.29. The Morgan fingerprint density at radius 1 is 1.45 bits per heavy atom. The third-order valence-electron chi connectivity index (χ3n) is 4.59. The molecule has 0 radical (unpaired) electrons. The molecule has 2 bridgehead atoms. The van der Waals surface area contributed by atoms with Gasteiger partial charge in [-0.25, -0.2) is 4.68 Å². The molecule has 1 aromatic rings. The summed E-state index contributed by atoms with van der Waals surface area (Å²) in [4.78, 5) is 13.4. The first-order chi connectivity index (χ1) is 9.60.